The molecule has 0 saturated carbocycles. The maximum absolute atomic E-state index is 12.1. The number of hydrogen-bond acceptors (Lipinski definition) is 5. The first kappa shape index (κ1) is 45.9. The summed E-state index contributed by atoms with van der Waals surface area (Å²) in [5, 5.41) is 9.96. The topological polar surface area (TPSA) is 57.2 Å². The van der Waals surface area contributed by atoms with E-state index in [9.17, 15) is 49.1 Å². The summed E-state index contributed by atoms with van der Waals surface area (Å²) in [6.07, 6.45) is 2.52. The average Bonchev–Trinajstić information content (AvgIpc) is 2.83. The van der Waals surface area contributed by atoms with Crippen LogP contribution in [0, 0.1) is 12.3 Å². The van der Waals surface area contributed by atoms with Crippen molar-refractivity contribution in [1.82, 2.24) is 0 Å². The van der Waals surface area contributed by atoms with Crippen molar-refractivity contribution in [2.45, 2.75) is 95.4 Å². The van der Waals surface area contributed by atoms with Crippen LogP contribution in [0.1, 0.15) is 59.3 Å². The summed E-state index contributed by atoms with van der Waals surface area (Å²) >= 11 is 0. The Morgan fingerprint density at radius 1 is 0.825 bits per heavy atom. The second kappa shape index (κ2) is 28.0. The molecular weight excluding hydrogens is 586 g/mol. The number of methoxy groups -OCH3 is 1. The van der Waals surface area contributed by atoms with E-state index in [2.05, 4.69) is 29.4 Å². The van der Waals surface area contributed by atoms with Crippen LogP contribution >= 0.6 is 0 Å². The Labute approximate surface area is 231 Å². The van der Waals surface area contributed by atoms with Crippen molar-refractivity contribution in [3.63, 3.8) is 0 Å². The molecule has 0 aliphatic rings. The van der Waals surface area contributed by atoms with Crippen molar-refractivity contribution in [3.05, 3.63) is 0 Å². The molecule has 40 heavy (non-hydrogen) atoms. The van der Waals surface area contributed by atoms with Crippen LogP contribution in [0.5, 0.6) is 0 Å². The number of alkyl halides is 9. The number of aliphatic hydroxyl groups is 1. The highest BCUT2D eigenvalue weighted by Crippen LogP contribution is 2.30. The Morgan fingerprint density at radius 3 is 1.55 bits per heavy atom. The average molecular weight is 631 g/mol. The molecule has 0 spiro atoms. The third-order valence-electron chi connectivity index (χ3n) is 4.80. The Balaban J connectivity index is -0.000000308. The number of rotatable bonds is 17. The van der Waals surface area contributed by atoms with E-state index in [1.807, 2.05) is 0 Å². The van der Waals surface area contributed by atoms with Crippen molar-refractivity contribution in [2.75, 3.05) is 47.3 Å². The van der Waals surface area contributed by atoms with Gasteiger partial charge in [-0.05, 0) is 36.0 Å². The normalized spacial score (nSPS) is 12.9. The highest BCUT2D eigenvalue weighted by molar-refractivity contribution is 6.73. The largest absolute Gasteiger partial charge is 0.417 e. The molecule has 1 unspecified atom stereocenters. The summed E-state index contributed by atoms with van der Waals surface area (Å²) in [4.78, 5) is 2.28. The zero-order chi connectivity index (χ0) is 32.1. The summed E-state index contributed by atoms with van der Waals surface area (Å²) in [5.41, 5.74) is -1.10. The van der Waals surface area contributed by atoms with Crippen LogP contribution in [0.15, 0.2) is 0 Å². The molecule has 0 fully saturated rings. The minimum atomic E-state index is -4.55. The Morgan fingerprint density at radius 2 is 1.27 bits per heavy atom. The first-order valence-corrected chi connectivity index (χ1v) is 15.0. The first-order valence-electron chi connectivity index (χ1n) is 12.4. The van der Waals surface area contributed by atoms with Gasteiger partial charge in [-0.25, -0.2) is 13.2 Å². The van der Waals surface area contributed by atoms with E-state index in [4.69, 9.17) is 15.6 Å². The Bertz CT molecular complexity index is 550. The molecule has 0 radical (unpaired) electrons. The van der Waals surface area contributed by atoms with Gasteiger partial charge in [0.25, 0.3) is 0 Å². The fourth-order valence-electron chi connectivity index (χ4n) is 2.90. The lowest BCUT2D eigenvalue weighted by Crippen LogP contribution is -2.40. The molecule has 16 heteroatoms. The molecule has 0 saturated heterocycles. The van der Waals surface area contributed by atoms with Crippen molar-refractivity contribution in [2.24, 2.45) is 0 Å². The Kier molecular flexibility index (Phi) is 32.1. The third-order valence-corrected chi connectivity index (χ3v) is 9.42. The zero-order valence-electron chi connectivity index (χ0n) is 23.5. The van der Waals surface area contributed by atoms with Crippen LogP contribution in [-0.4, -0.2) is 78.7 Å². The number of halogens is 10. The van der Waals surface area contributed by atoms with Gasteiger partial charge in [-0.2, -0.15) is 31.3 Å². The smallest absolute Gasteiger partial charge is 0.415 e. The molecule has 0 amide bonds. The second-order valence-corrected chi connectivity index (χ2v) is 12.7. The predicted molar refractivity (Wildman–Crippen MR) is 135 cm³/mol. The van der Waals surface area contributed by atoms with Crippen molar-refractivity contribution >= 4 is 8.32 Å². The van der Waals surface area contributed by atoms with Crippen LogP contribution in [0.3, 0.4) is 0 Å². The fraction of sp³-hybridized carbons (Fsp3) is 0.917. The minimum Gasteiger partial charge on any atom is -0.417 e. The SMILES string of the molecule is C#CC(C)(O)CCO[Si](CCCC)(CCCC)CCCOCF.COCC(F)(F)F.FCF.FOCC(F)(F)F. The van der Waals surface area contributed by atoms with Gasteiger partial charge in [-0.1, -0.05) is 45.5 Å². The molecule has 1 N–H and O–H groups in total. The minimum absolute atomic E-state index is 0.453. The van der Waals surface area contributed by atoms with Gasteiger partial charge in [0.2, 0.25) is 6.93 Å². The highest BCUT2D eigenvalue weighted by Gasteiger charge is 2.34. The molecule has 1 atom stereocenters. The molecule has 0 aromatic heterocycles. The lowest BCUT2D eigenvalue weighted by atomic mass is 10.1. The van der Waals surface area contributed by atoms with Crippen molar-refractivity contribution < 1.29 is 68.0 Å². The molecule has 5 nitrogen and oxygen atoms in total. The summed E-state index contributed by atoms with van der Waals surface area (Å²) < 4.78 is 122. The third kappa shape index (κ3) is 39.0. The molecule has 0 aliphatic heterocycles. The van der Waals surface area contributed by atoms with E-state index in [1.165, 1.54) is 0 Å². The van der Waals surface area contributed by atoms with Gasteiger partial charge in [-0.3, -0.25) is 0 Å². The lowest BCUT2D eigenvalue weighted by Gasteiger charge is -2.33. The molecular formula is C24H44F10O5Si. The second-order valence-electron chi connectivity index (χ2n) is 8.55. The van der Waals surface area contributed by atoms with E-state index < -0.39 is 53.3 Å². The zero-order valence-corrected chi connectivity index (χ0v) is 24.5. The molecule has 0 aromatic rings. The summed E-state index contributed by atoms with van der Waals surface area (Å²) in [7, 11) is -0.875. The first-order chi connectivity index (χ1) is 18.5. The monoisotopic (exact) mass is 630 g/mol. The van der Waals surface area contributed by atoms with Crippen LogP contribution in [0.4, 0.5) is 44.0 Å². The maximum Gasteiger partial charge on any atom is 0.415 e. The van der Waals surface area contributed by atoms with Crippen molar-refractivity contribution in [3.8, 4) is 12.3 Å². The summed E-state index contributed by atoms with van der Waals surface area (Å²) in [6.45, 7) is 1.52. The van der Waals surface area contributed by atoms with Gasteiger partial charge >= 0.3 is 12.4 Å². The van der Waals surface area contributed by atoms with E-state index in [-0.39, 0.29) is 0 Å². The van der Waals surface area contributed by atoms with Crippen LogP contribution < -0.4 is 0 Å². The fourth-order valence-corrected chi connectivity index (χ4v) is 7.41. The van der Waals surface area contributed by atoms with Crippen LogP contribution in [0.2, 0.25) is 18.1 Å². The van der Waals surface area contributed by atoms with Crippen LogP contribution in [0.25, 0.3) is 0 Å². The van der Waals surface area contributed by atoms with E-state index in [1.54, 1.807) is 6.92 Å². The summed E-state index contributed by atoms with van der Waals surface area (Å²) in [6, 6.07) is 3.24. The van der Waals surface area contributed by atoms with E-state index >= 15 is 0 Å². The van der Waals surface area contributed by atoms with E-state index in [0.717, 1.165) is 57.3 Å². The van der Waals surface area contributed by atoms with Gasteiger partial charge < -0.3 is 19.0 Å². The quantitative estimate of drug-likeness (QED) is 0.0761. The van der Waals surface area contributed by atoms with Crippen LogP contribution in [-0.2, 0) is 18.8 Å². The molecule has 0 aromatic carbocycles. The molecule has 0 bridgehead atoms. The molecule has 0 aliphatic carbocycles. The molecule has 0 heterocycles. The number of terminal acetylenes is 1. The van der Waals surface area contributed by atoms with Gasteiger partial charge in [-0.15, -0.1) is 6.42 Å². The highest BCUT2D eigenvalue weighted by atomic mass is 28.4. The van der Waals surface area contributed by atoms with E-state index in [0.29, 0.717) is 19.6 Å². The van der Waals surface area contributed by atoms with Gasteiger partial charge in [0, 0.05) is 26.7 Å². The maximum atomic E-state index is 12.1. The number of hydrogen-bond donors (Lipinski definition) is 1. The van der Waals surface area contributed by atoms with Gasteiger partial charge in [0.15, 0.2) is 21.8 Å². The number of ether oxygens (including phenoxy) is 2. The predicted octanol–water partition coefficient (Wildman–Crippen LogP) is 8.18. The van der Waals surface area contributed by atoms with Gasteiger partial charge in [0.05, 0.1) is 0 Å². The van der Waals surface area contributed by atoms with Crippen molar-refractivity contribution in [1.29, 1.82) is 0 Å². The standard InChI is InChI=1S/C18H35FO3Si.C3H5F3O.C2H2F4O.CH2F2/c1-5-8-14-23(15-9-6-2,16-10-12-21-17-19)22-13-11-18(4,20)7-3;1-7-2-3(4,5)6;3-2(4,5)1-7-6;2-1-3/h3,20H,5-6,8-17H2,1-2,4H3;2H2,1H3;1H2;1H2. The summed E-state index contributed by atoms with van der Waals surface area (Å²) in [5.74, 6) is 2.40. The molecule has 244 valence electrons. The Hall–Kier alpha value is -1.12. The lowest BCUT2D eigenvalue weighted by molar-refractivity contribution is -0.245. The number of unbranched alkanes of at least 4 members (excludes halogenated alkanes) is 2. The molecule has 0 rings (SSSR count). The van der Waals surface area contributed by atoms with Gasteiger partial charge in [0.1, 0.15) is 12.2 Å².